The lowest BCUT2D eigenvalue weighted by molar-refractivity contribution is -0.158. The standard InChI is InChI=1S/C16H25N3O5/c1-8(2)14(23)19-11(4-5-16(19)7-18-15(16)24)12(21)6-10(9(3)20)13(17)22/h8-11,20H,4-7H2,1-3H3,(H2,17,22)(H,18,24)/t9-,10+,11?,16?/m1/s1. The molecule has 4 N–H and O–H groups in total. The third-order valence-electron chi connectivity index (χ3n) is 5.04. The fourth-order valence-corrected chi connectivity index (χ4v) is 3.49. The van der Waals surface area contributed by atoms with Crippen molar-refractivity contribution in [3.8, 4) is 0 Å². The summed E-state index contributed by atoms with van der Waals surface area (Å²) in [6, 6.07) is -0.758. The van der Waals surface area contributed by atoms with Crippen molar-refractivity contribution in [2.24, 2.45) is 17.6 Å². The van der Waals surface area contributed by atoms with Gasteiger partial charge in [-0.25, -0.2) is 0 Å². The topological polar surface area (TPSA) is 130 Å². The molecule has 2 fully saturated rings. The number of Topliss-reactive ketones (excluding diaryl/α,β-unsaturated/α-hetero) is 1. The quantitative estimate of drug-likeness (QED) is 0.531. The first-order valence-electron chi connectivity index (χ1n) is 8.23. The van der Waals surface area contributed by atoms with E-state index in [-0.39, 0.29) is 29.9 Å². The van der Waals surface area contributed by atoms with Crippen LogP contribution in [0.4, 0.5) is 0 Å². The van der Waals surface area contributed by atoms with Gasteiger partial charge in [-0.15, -0.1) is 0 Å². The summed E-state index contributed by atoms with van der Waals surface area (Å²) >= 11 is 0. The average Bonchev–Trinajstić information content (AvgIpc) is 2.91. The van der Waals surface area contributed by atoms with Gasteiger partial charge in [0.15, 0.2) is 5.78 Å². The van der Waals surface area contributed by atoms with Crippen LogP contribution in [0, 0.1) is 11.8 Å². The van der Waals surface area contributed by atoms with E-state index in [1.807, 2.05) is 0 Å². The number of carbonyl (C=O) groups excluding carboxylic acids is 4. The van der Waals surface area contributed by atoms with Crippen molar-refractivity contribution in [2.45, 2.75) is 57.7 Å². The van der Waals surface area contributed by atoms with Crippen LogP contribution in [0.5, 0.6) is 0 Å². The summed E-state index contributed by atoms with van der Waals surface area (Å²) in [6.45, 7) is 5.17. The maximum absolute atomic E-state index is 12.7. The van der Waals surface area contributed by atoms with E-state index in [1.54, 1.807) is 13.8 Å². The highest BCUT2D eigenvalue weighted by Gasteiger charge is 2.60. The highest BCUT2D eigenvalue weighted by Crippen LogP contribution is 2.40. The second kappa shape index (κ2) is 6.51. The van der Waals surface area contributed by atoms with Crippen molar-refractivity contribution in [1.29, 1.82) is 0 Å². The van der Waals surface area contributed by atoms with E-state index < -0.39 is 29.5 Å². The highest BCUT2D eigenvalue weighted by molar-refractivity contribution is 6.01. The number of aliphatic hydroxyl groups is 1. The van der Waals surface area contributed by atoms with Crippen LogP contribution in [0.3, 0.4) is 0 Å². The number of nitrogens with zero attached hydrogens (tertiary/aromatic N) is 1. The summed E-state index contributed by atoms with van der Waals surface area (Å²) in [5, 5.41) is 12.3. The van der Waals surface area contributed by atoms with Gasteiger partial charge in [0.05, 0.1) is 24.6 Å². The number of nitrogens with one attached hydrogen (secondary N) is 1. The van der Waals surface area contributed by atoms with E-state index in [0.717, 1.165) is 0 Å². The first kappa shape index (κ1) is 18.4. The Morgan fingerprint density at radius 2 is 2.00 bits per heavy atom. The van der Waals surface area contributed by atoms with Gasteiger partial charge < -0.3 is 21.1 Å². The van der Waals surface area contributed by atoms with Gasteiger partial charge in [0.25, 0.3) is 0 Å². The molecule has 2 heterocycles. The summed E-state index contributed by atoms with van der Waals surface area (Å²) in [4.78, 5) is 50.2. The third kappa shape index (κ3) is 2.90. The Balaban J connectivity index is 2.24. The van der Waals surface area contributed by atoms with Crippen LogP contribution < -0.4 is 11.1 Å². The number of hydrogen-bond donors (Lipinski definition) is 3. The number of amides is 3. The normalized spacial score (nSPS) is 28.5. The van der Waals surface area contributed by atoms with Crippen LogP contribution in [-0.2, 0) is 19.2 Å². The van der Waals surface area contributed by atoms with Gasteiger partial charge in [-0.3, -0.25) is 19.2 Å². The molecule has 0 radical (unpaired) electrons. The molecule has 2 aliphatic rings. The van der Waals surface area contributed by atoms with Crippen LogP contribution >= 0.6 is 0 Å². The molecule has 1 spiro atoms. The van der Waals surface area contributed by atoms with E-state index in [4.69, 9.17) is 5.73 Å². The largest absolute Gasteiger partial charge is 0.393 e. The second-order valence-corrected chi connectivity index (χ2v) is 7.05. The van der Waals surface area contributed by atoms with Crippen LogP contribution in [0.25, 0.3) is 0 Å². The molecule has 2 unspecified atom stereocenters. The molecule has 2 saturated heterocycles. The number of hydrogen-bond acceptors (Lipinski definition) is 5. The molecule has 3 amide bonds. The van der Waals surface area contributed by atoms with Crippen molar-refractivity contribution in [2.75, 3.05) is 6.54 Å². The molecular weight excluding hydrogens is 314 g/mol. The van der Waals surface area contributed by atoms with Gasteiger partial charge in [0.1, 0.15) is 5.54 Å². The minimum atomic E-state index is -1.05. The van der Waals surface area contributed by atoms with Crippen LogP contribution in [0.2, 0.25) is 0 Å². The minimum Gasteiger partial charge on any atom is -0.393 e. The van der Waals surface area contributed by atoms with Crippen molar-refractivity contribution >= 4 is 23.5 Å². The van der Waals surface area contributed by atoms with Gasteiger partial charge in [-0.2, -0.15) is 0 Å². The molecule has 2 rings (SSSR count). The first-order chi connectivity index (χ1) is 11.1. The molecule has 0 aromatic rings. The van der Waals surface area contributed by atoms with E-state index in [1.165, 1.54) is 11.8 Å². The lowest BCUT2D eigenvalue weighted by atomic mass is 9.87. The maximum atomic E-state index is 12.7. The number of aliphatic hydroxyl groups excluding tert-OH is 1. The molecule has 0 saturated carbocycles. The van der Waals surface area contributed by atoms with Gasteiger partial charge in [-0.05, 0) is 19.8 Å². The molecule has 4 atom stereocenters. The summed E-state index contributed by atoms with van der Waals surface area (Å²) in [7, 11) is 0. The van der Waals surface area contributed by atoms with Gasteiger partial charge in [-0.1, -0.05) is 13.8 Å². The smallest absolute Gasteiger partial charge is 0.247 e. The lowest BCUT2D eigenvalue weighted by Crippen LogP contribution is -2.73. The molecule has 0 bridgehead atoms. The maximum Gasteiger partial charge on any atom is 0.247 e. The van der Waals surface area contributed by atoms with E-state index in [0.29, 0.717) is 19.4 Å². The Bertz CT molecular complexity index is 574. The number of β-lactam (4-membered cyclic amide) rings is 1. The molecular formula is C16H25N3O5. The molecule has 134 valence electrons. The number of likely N-dealkylation sites (tertiary alicyclic amines) is 1. The summed E-state index contributed by atoms with van der Waals surface area (Å²) in [6.07, 6.45) is -0.500. The minimum absolute atomic E-state index is 0.239. The van der Waals surface area contributed by atoms with Gasteiger partial charge in [0, 0.05) is 12.3 Å². The van der Waals surface area contributed by atoms with Crippen LogP contribution in [-0.4, -0.2) is 57.7 Å². The van der Waals surface area contributed by atoms with Gasteiger partial charge in [0.2, 0.25) is 17.7 Å². The zero-order chi connectivity index (χ0) is 18.2. The fraction of sp³-hybridized carbons (Fsp3) is 0.750. The van der Waals surface area contributed by atoms with Crippen molar-refractivity contribution in [3.63, 3.8) is 0 Å². The molecule has 2 aliphatic heterocycles. The van der Waals surface area contributed by atoms with Crippen molar-refractivity contribution < 1.29 is 24.3 Å². The molecule has 8 heteroatoms. The Kier molecular flexibility index (Phi) is 4.98. The van der Waals surface area contributed by atoms with E-state index >= 15 is 0 Å². The molecule has 8 nitrogen and oxygen atoms in total. The Morgan fingerprint density at radius 1 is 1.38 bits per heavy atom. The van der Waals surface area contributed by atoms with Crippen LogP contribution in [0.1, 0.15) is 40.0 Å². The molecule has 0 aromatic carbocycles. The lowest BCUT2D eigenvalue weighted by Gasteiger charge is -2.46. The fourth-order valence-electron chi connectivity index (χ4n) is 3.49. The number of nitrogens with two attached hydrogens (primary N) is 1. The van der Waals surface area contributed by atoms with Gasteiger partial charge >= 0.3 is 0 Å². The highest BCUT2D eigenvalue weighted by atomic mass is 16.3. The zero-order valence-corrected chi connectivity index (χ0v) is 14.2. The Labute approximate surface area is 140 Å². The summed E-state index contributed by atoms with van der Waals surface area (Å²) in [5.74, 6) is -2.95. The number of rotatable bonds is 6. The molecule has 0 aliphatic carbocycles. The Hall–Kier alpha value is -1.96. The van der Waals surface area contributed by atoms with E-state index in [9.17, 15) is 24.3 Å². The molecule has 24 heavy (non-hydrogen) atoms. The number of primary amides is 1. The predicted octanol–water partition coefficient (Wildman–Crippen LogP) is -1.06. The monoisotopic (exact) mass is 339 g/mol. The summed E-state index contributed by atoms with van der Waals surface area (Å²) in [5.41, 5.74) is 4.29. The third-order valence-corrected chi connectivity index (χ3v) is 5.04. The predicted molar refractivity (Wildman–Crippen MR) is 84.4 cm³/mol. The molecule has 0 aromatic heterocycles. The SMILES string of the molecule is CC(C)C(=O)N1C(C(=O)C[C@H](C(N)=O)[C@@H](C)O)CCC12CNC2=O. The van der Waals surface area contributed by atoms with Crippen LogP contribution in [0.15, 0.2) is 0 Å². The zero-order valence-electron chi connectivity index (χ0n) is 14.2. The number of ketones is 1. The average molecular weight is 339 g/mol. The van der Waals surface area contributed by atoms with Crippen molar-refractivity contribution in [1.82, 2.24) is 10.2 Å². The number of carbonyl (C=O) groups is 4. The van der Waals surface area contributed by atoms with Crippen molar-refractivity contribution in [3.05, 3.63) is 0 Å². The second-order valence-electron chi connectivity index (χ2n) is 7.05. The van der Waals surface area contributed by atoms with E-state index in [2.05, 4.69) is 5.32 Å². The Morgan fingerprint density at radius 3 is 2.38 bits per heavy atom. The first-order valence-corrected chi connectivity index (χ1v) is 8.23. The summed E-state index contributed by atoms with van der Waals surface area (Å²) < 4.78 is 0.